The van der Waals surface area contributed by atoms with Crippen molar-refractivity contribution < 1.29 is 9.47 Å². The number of nitrogens with zero attached hydrogens (tertiary/aromatic N) is 3. The molecule has 0 saturated carbocycles. The molecular formula is C19H29N5O2S. The highest BCUT2D eigenvalue weighted by molar-refractivity contribution is 7.80. The summed E-state index contributed by atoms with van der Waals surface area (Å²) < 4.78 is 10.8. The number of nitrogens with one attached hydrogen (secondary N) is 2. The number of benzene rings is 1. The highest BCUT2D eigenvalue weighted by Crippen LogP contribution is 2.17. The molecule has 2 N–H and O–H groups in total. The molecule has 0 spiro atoms. The van der Waals surface area contributed by atoms with Crippen molar-refractivity contribution >= 4 is 28.7 Å². The van der Waals surface area contributed by atoms with Crippen LogP contribution >= 0.6 is 12.2 Å². The van der Waals surface area contributed by atoms with Crippen molar-refractivity contribution in [1.29, 1.82) is 0 Å². The topological polar surface area (TPSA) is 61.4 Å². The Labute approximate surface area is 166 Å². The Kier molecular flexibility index (Phi) is 7.82. The molecule has 148 valence electrons. The Balaban J connectivity index is 1.41. The molecule has 0 aliphatic carbocycles. The van der Waals surface area contributed by atoms with E-state index in [1.807, 2.05) is 6.92 Å². The van der Waals surface area contributed by atoms with E-state index in [0.717, 1.165) is 77.0 Å². The Bertz CT molecular complexity index is 625. The van der Waals surface area contributed by atoms with E-state index in [-0.39, 0.29) is 0 Å². The monoisotopic (exact) mass is 391 g/mol. The Hall–Kier alpha value is -1.74. The number of rotatable bonds is 6. The van der Waals surface area contributed by atoms with Crippen molar-refractivity contribution in [2.24, 2.45) is 5.10 Å². The van der Waals surface area contributed by atoms with Gasteiger partial charge >= 0.3 is 0 Å². The van der Waals surface area contributed by atoms with Gasteiger partial charge in [0, 0.05) is 45.0 Å². The first-order valence-corrected chi connectivity index (χ1v) is 9.94. The number of hydrogen-bond donors (Lipinski definition) is 2. The zero-order valence-corrected chi connectivity index (χ0v) is 16.8. The smallest absolute Gasteiger partial charge is 0.187 e. The third-order valence-corrected chi connectivity index (χ3v) is 5.04. The van der Waals surface area contributed by atoms with E-state index in [0.29, 0.717) is 5.11 Å². The predicted octanol–water partition coefficient (Wildman–Crippen LogP) is 1.04. The third-order valence-electron chi connectivity index (χ3n) is 4.80. The van der Waals surface area contributed by atoms with Gasteiger partial charge in [0.25, 0.3) is 0 Å². The number of ether oxygens (including phenoxy) is 2. The van der Waals surface area contributed by atoms with Crippen molar-refractivity contribution in [3.63, 3.8) is 0 Å². The molecule has 0 amide bonds. The molecule has 1 aromatic carbocycles. The van der Waals surface area contributed by atoms with Gasteiger partial charge in [0.05, 0.1) is 32.1 Å². The molecular weight excluding hydrogens is 362 g/mol. The van der Waals surface area contributed by atoms with Crippen LogP contribution in [0.25, 0.3) is 0 Å². The van der Waals surface area contributed by atoms with Gasteiger partial charge in [-0.2, -0.15) is 5.10 Å². The van der Waals surface area contributed by atoms with Gasteiger partial charge in [-0.25, -0.2) is 0 Å². The van der Waals surface area contributed by atoms with Crippen molar-refractivity contribution in [2.75, 3.05) is 70.6 Å². The molecule has 2 heterocycles. The lowest BCUT2D eigenvalue weighted by molar-refractivity contribution is 0.0389. The highest BCUT2D eigenvalue weighted by atomic mass is 32.1. The summed E-state index contributed by atoms with van der Waals surface area (Å²) in [7, 11) is 0. The van der Waals surface area contributed by atoms with Gasteiger partial charge in [0.2, 0.25) is 0 Å². The van der Waals surface area contributed by atoms with E-state index >= 15 is 0 Å². The van der Waals surface area contributed by atoms with Crippen molar-refractivity contribution in [3.8, 4) is 0 Å². The maximum absolute atomic E-state index is 5.40. The Morgan fingerprint density at radius 3 is 2.33 bits per heavy atom. The van der Waals surface area contributed by atoms with Crippen LogP contribution in [0.5, 0.6) is 0 Å². The summed E-state index contributed by atoms with van der Waals surface area (Å²) in [6, 6.07) is 8.47. The third kappa shape index (κ3) is 6.42. The lowest BCUT2D eigenvalue weighted by atomic mass is 10.1. The number of hydrogen-bond acceptors (Lipinski definition) is 6. The van der Waals surface area contributed by atoms with Crippen LogP contribution in [0.4, 0.5) is 5.69 Å². The second-order valence-electron chi connectivity index (χ2n) is 6.67. The summed E-state index contributed by atoms with van der Waals surface area (Å²) in [5.74, 6) is 0. The molecule has 2 saturated heterocycles. The SMILES string of the molecule is C/C(=N/NC(=S)NCCN1CCOCC1)c1ccc(N2CCOCC2)cc1. The maximum atomic E-state index is 5.40. The molecule has 3 rings (SSSR count). The second-order valence-corrected chi connectivity index (χ2v) is 7.07. The number of anilines is 1. The Morgan fingerprint density at radius 2 is 1.67 bits per heavy atom. The molecule has 7 nitrogen and oxygen atoms in total. The fourth-order valence-electron chi connectivity index (χ4n) is 3.13. The molecule has 2 aliphatic rings. The number of morpholine rings is 2. The maximum Gasteiger partial charge on any atom is 0.187 e. The van der Waals surface area contributed by atoms with Gasteiger partial charge < -0.3 is 19.7 Å². The van der Waals surface area contributed by atoms with E-state index in [4.69, 9.17) is 21.7 Å². The molecule has 0 atom stereocenters. The summed E-state index contributed by atoms with van der Waals surface area (Å²) in [6.07, 6.45) is 0. The first-order valence-electron chi connectivity index (χ1n) is 9.54. The normalized spacial score (nSPS) is 19.0. The van der Waals surface area contributed by atoms with Gasteiger partial charge in [-0.15, -0.1) is 0 Å². The fourth-order valence-corrected chi connectivity index (χ4v) is 3.27. The van der Waals surface area contributed by atoms with Crippen LogP contribution in [0.1, 0.15) is 12.5 Å². The van der Waals surface area contributed by atoms with Gasteiger partial charge in [-0.1, -0.05) is 12.1 Å². The summed E-state index contributed by atoms with van der Waals surface area (Å²) >= 11 is 5.30. The van der Waals surface area contributed by atoms with Crippen LogP contribution in [0.15, 0.2) is 29.4 Å². The molecule has 0 bridgehead atoms. The minimum atomic E-state index is 0.549. The van der Waals surface area contributed by atoms with Gasteiger partial charge in [0.15, 0.2) is 5.11 Å². The molecule has 2 aliphatic heterocycles. The van der Waals surface area contributed by atoms with E-state index in [1.165, 1.54) is 5.69 Å². The van der Waals surface area contributed by atoms with Crippen molar-refractivity contribution in [3.05, 3.63) is 29.8 Å². The minimum absolute atomic E-state index is 0.549. The summed E-state index contributed by atoms with van der Waals surface area (Å²) in [5.41, 5.74) is 6.14. The van der Waals surface area contributed by atoms with Gasteiger partial charge in [-0.05, 0) is 36.8 Å². The second kappa shape index (κ2) is 10.6. The Morgan fingerprint density at radius 1 is 1.04 bits per heavy atom. The molecule has 0 aromatic heterocycles. The first kappa shape index (κ1) is 20.0. The van der Waals surface area contributed by atoms with E-state index in [1.54, 1.807) is 0 Å². The first-order chi connectivity index (χ1) is 13.2. The largest absolute Gasteiger partial charge is 0.379 e. The van der Waals surface area contributed by atoms with E-state index in [2.05, 4.69) is 49.9 Å². The van der Waals surface area contributed by atoms with Crippen LogP contribution < -0.4 is 15.6 Å². The van der Waals surface area contributed by atoms with E-state index in [9.17, 15) is 0 Å². The quantitative estimate of drug-likeness (QED) is 0.427. The van der Waals surface area contributed by atoms with Crippen LogP contribution in [0, 0.1) is 0 Å². The van der Waals surface area contributed by atoms with Crippen LogP contribution in [0.2, 0.25) is 0 Å². The average molecular weight is 392 g/mol. The number of hydrazone groups is 1. The zero-order chi connectivity index (χ0) is 18.9. The molecule has 1 aromatic rings. The standard InChI is InChI=1S/C19H29N5O2S/c1-16(17-2-4-18(5-3-17)24-10-14-26-15-11-24)21-22-19(27)20-6-7-23-8-12-25-13-9-23/h2-5H,6-15H2,1H3,(H2,20,22,27)/b21-16-. The summed E-state index contributed by atoms with van der Waals surface area (Å²) in [4.78, 5) is 4.70. The number of thiocarbonyl (C=S) groups is 1. The fraction of sp³-hybridized carbons (Fsp3) is 0.579. The van der Waals surface area contributed by atoms with Crippen molar-refractivity contribution in [1.82, 2.24) is 15.6 Å². The lowest BCUT2D eigenvalue weighted by Gasteiger charge is -2.28. The van der Waals surface area contributed by atoms with Crippen LogP contribution in [0.3, 0.4) is 0 Å². The molecule has 0 radical (unpaired) electrons. The molecule has 8 heteroatoms. The molecule has 27 heavy (non-hydrogen) atoms. The average Bonchev–Trinajstić information content (AvgIpc) is 2.73. The molecule has 0 unspecified atom stereocenters. The van der Waals surface area contributed by atoms with Crippen molar-refractivity contribution in [2.45, 2.75) is 6.92 Å². The highest BCUT2D eigenvalue weighted by Gasteiger charge is 2.11. The minimum Gasteiger partial charge on any atom is -0.379 e. The van der Waals surface area contributed by atoms with Crippen LogP contribution in [-0.4, -0.2) is 81.4 Å². The van der Waals surface area contributed by atoms with Gasteiger partial charge in [0.1, 0.15) is 0 Å². The van der Waals surface area contributed by atoms with Gasteiger partial charge in [-0.3, -0.25) is 10.3 Å². The lowest BCUT2D eigenvalue weighted by Crippen LogP contribution is -2.42. The summed E-state index contributed by atoms with van der Waals surface area (Å²) in [5, 5.41) is 8.15. The molecule has 2 fully saturated rings. The summed E-state index contributed by atoms with van der Waals surface area (Å²) in [6.45, 7) is 10.8. The predicted molar refractivity (Wildman–Crippen MR) is 113 cm³/mol. The van der Waals surface area contributed by atoms with Crippen LogP contribution in [-0.2, 0) is 9.47 Å². The zero-order valence-electron chi connectivity index (χ0n) is 15.9. The van der Waals surface area contributed by atoms with E-state index < -0.39 is 0 Å².